The van der Waals surface area contributed by atoms with Crippen molar-refractivity contribution in [2.24, 2.45) is 0 Å². The summed E-state index contributed by atoms with van der Waals surface area (Å²) in [5, 5.41) is 3.20. The standard InChI is InChI=1S/C24H23F3N2O4/c1-29(13-22(30)28-19-8-4-3-7-18(19)24(25,26)27)23(31)14-32-15-10-11-21-17(12-15)16-6-2-5-9-20(16)33-21/h3-4,7-8,10-12H,2,5-6,9,13-14H2,1H3,(H,28,30). The Bertz CT molecular complexity index is 1190. The number of amides is 2. The Morgan fingerprint density at radius 3 is 2.67 bits per heavy atom. The molecule has 0 fully saturated rings. The number of nitrogens with zero attached hydrogens (tertiary/aromatic N) is 1. The van der Waals surface area contributed by atoms with Crippen molar-refractivity contribution in [3.05, 3.63) is 59.4 Å². The SMILES string of the molecule is CN(CC(=O)Nc1ccccc1C(F)(F)F)C(=O)COc1ccc2oc3c(c2c1)CCCC3. The number of hydrogen-bond acceptors (Lipinski definition) is 4. The first kappa shape index (κ1) is 22.7. The van der Waals surface area contributed by atoms with E-state index in [9.17, 15) is 22.8 Å². The Hall–Kier alpha value is -3.49. The Labute approximate surface area is 188 Å². The molecule has 0 unspecified atom stereocenters. The summed E-state index contributed by atoms with van der Waals surface area (Å²) < 4.78 is 50.7. The number of ether oxygens (including phenoxy) is 1. The molecule has 174 valence electrons. The first-order valence-corrected chi connectivity index (χ1v) is 10.6. The molecule has 4 rings (SSSR count). The van der Waals surface area contributed by atoms with Crippen LogP contribution in [0.1, 0.15) is 29.7 Å². The van der Waals surface area contributed by atoms with Crippen LogP contribution in [0.4, 0.5) is 18.9 Å². The summed E-state index contributed by atoms with van der Waals surface area (Å²) in [5.74, 6) is 0.280. The average molecular weight is 460 g/mol. The van der Waals surface area contributed by atoms with Crippen LogP contribution in [0.15, 0.2) is 46.9 Å². The summed E-state index contributed by atoms with van der Waals surface area (Å²) in [6.45, 7) is -0.725. The maximum Gasteiger partial charge on any atom is 0.418 e. The highest BCUT2D eigenvalue weighted by Crippen LogP contribution is 2.35. The van der Waals surface area contributed by atoms with E-state index < -0.39 is 30.1 Å². The number of alkyl halides is 3. The summed E-state index contributed by atoms with van der Waals surface area (Å²) in [6.07, 6.45) is -0.536. The van der Waals surface area contributed by atoms with Crippen molar-refractivity contribution in [3.63, 3.8) is 0 Å². The molecule has 0 atom stereocenters. The number of fused-ring (bicyclic) bond motifs is 3. The molecule has 1 aliphatic carbocycles. The minimum Gasteiger partial charge on any atom is -0.484 e. The van der Waals surface area contributed by atoms with Gasteiger partial charge in [-0.1, -0.05) is 12.1 Å². The van der Waals surface area contributed by atoms with E-state index in [0.717, 1.165) is 59.4 Å². The van der Waals surface area contributed by atoms with E-state index in [0.29, 0.717) is 5.75 Å². The fraction of sp³-hybridized carbons (Fsp3) is 0.333. The first-order chi connectivity index (χ1) is 15.7. The second kappa shape index (κ2) is 9.17. The van der Waals surface area contributed by atoms with Gasteiger partial charge in [0, 0.05) is 24.4 Å². The van der Waals surface area contributed by atoms with Crippen LogP contribution in [0.5, 0.6) is 5.75 Å². The molecule has 0 radical (unpaired) electrons. The third kappa shape index (κ3) is 5.13. The number of para-hydroxylation sites is 1. The van der Waals surface area contributed by atoms with Crippen LogP contribution >= 0.6 is 0 Å². The molecule has 1 N–H and O–H groups in total. The predicted octanol–water partition coefficient (Wildman–Crippen LogP) is 4.81. The zero-order valence-corrected chi connectivity index (χ0v) is 18.0. The van der Waals surface area contributed by atoms with Crippen molar-refractivity contribution in [1.82, 2.24) is 4.90 Å². The summed E-state index contributed by atoms with van der Waals surface area (Å²) in [7, 11) is 1.39. The number of nitrogens with one attached hydrogen (secondary N) is 1. The zero-order chi connectivity index (χ0) is 23.6. The van der Waals surface area contributed by atoms with E-state index in [2.05, 4.69) is 5.32 Å². The molecule has 33 heavy (non-hydrogen) atoms. The van der Waals surface area contributed by atoms with E-state index >= 15 is 0 Å². The Kier molecular flexibility index (Phi) is 6.31. The summed E-state index contributed by atoms with van der Waals surface area (Å²) in [5.41, 5.74) is 0.658. The van der Waals surface area contributed by atoms with Crippen LogP contribution < -0.4 is 10.1 Å². The highest BCUT2D eigenvalue weighted by Gasteiger charge is 2.33. The van der Waals surface area contributed by atoms with Crippen molar-refractivity contribution in [2.75, 3.05) is 25.5 Å². The number of furan rings is 1. The molecule has 0 saturated heterocycles. The highest BCUT2D eigenvalue weighted by molar-refractivity contribution is 5.95. The Morgan fingerprint density at radius 1 is 1.12 bits per heavy atom. The number of aryl methyl sites for hydroxylation is 2. The second-order valence-electron chi connectivity index (χ2n) is 8.00. The molecule has 6 nitrogen and oxygen atoms in total. The van der Waals surface area contributed by atoms with Crippen LogP contribution in [0.2, 0.25) is 0 Å². The lowest BCUT2D eigenvalue weighted by atomic mass is 9.96. The van der Waals surface area contributed by atoms with Gasteiger partial charge in [-0.05, 0) is 49.6 Å². The molecule has 0 saturated carbocycles. The molecule has 1 aliphatic rings. The number of carbonyl (C=O) groups excluding carboxylic acids is 2. The van der Waals surface area contributed by atoms with E-state index in [1.807, 2.05) is 12.1 Å². The van der Waals surface area contributed by atoms with Gasteiger partial charge in [0.2, 0.25) is 5.91 Å². The Morgan fingerprint density at radius 2 is 1.88 bits per heavy atom. The molecule has 0 aliphatic heterocycles. The van der Waals surface area contributed by atoms with Gasteiger partial charge in [-0.15, -0.1) is 0 Å². The first-order valence-electron chi connectivity index (χ1n) is 10.6. The number of carbonyl (C=O) groups is 2. The van der Waals surface area contributed by atoms with E-state index in [1.54, 1.807) is 6.07 Å². The normalized spacial score (nSPS) is 13.5. The number of hydrogen-bond donors (Lipinski definition) is 1. The maximum absolute atomic E-state index is 13.1. The number of benzene rings is 2. The molecule has 2 aromatic carbocycles. The van der Waals surface area contributed by atoms with Crippen molar-refractivity contribution < 1.29 is 31.9 Å². The summed E-state index contributed by atoms with van der Waals surface area (Å²) in [4.78, 5) is 25.7. The van der Waals surface area contributed by atoms with Gasteiger partial charge in [0.05, 0.1) is 17.8 Å². The largest absolute Gasteiger partial charge is 0.484 e. The summed E-state index contributed by atoms with van der Waals surface area (Å²) >= 11 is 0. The average Bonchev–Trinajstić information content (AvgIpc) is 3.15. The van der Waals surface area contributed by atoms with Gasteiger partial charge >= 0.3 is 6.18 Å². The van der Waals surface area contributed by atoms with E-state index in [4.69, 9.17) is 9.15 Å². The van der Waals surface area contributed by atoms with Crippen LogP contribution in [0, 0.1) is 0 Å². The zero-order valence-electron chi connectivity index (χ0n) is 18.0. The minimum atomic E-state index is -4.60. The van der Waals surface area contributed by atoms with Gasteiger partial charge in [-0.2, -0.15) is 13.2 Å². The van der Waals surface area contributed by atoms with Crippen LogP contribution in [0.25, 0.3) is 11.0 Å². The van der Waals surface area contributed by atoms with E-state index in [-0.39, 0.29) is 12.3 Å². The third-order valence-corrected chi connectivity index (χ3v) is 5.60. The van der Waals surface area contributed by atoms with Gasteiger partial charge in [-0.3, -0.25) is 9.59 Å². The number of rotatable bonds is 6. The van der Waals surface area contributed by atoms with Gasteiger partial charge in [0.25, 0.3) is 5.91 Å². The Balaban J connectivity index is 1.34. The highest BCUT2D eigenvalue weighted by atomic mass is 19.4. The second-order valence-corrected chi connectivity index (χ2v) is 8.00. The van der Waals surface area contributed by atoms with Crippen molar-refractivity contribution >= 4 is 28.5 Å². The monoisotopic (exact) mass is 460 g/mol. The molecule has 1 heterocycles. The quantitative estimate of drug-likeness (QED) is 0.573. The lowest BCUT2D eigenvalue weighted by Gasteiger charge is -2.18. The topological polar surface area (TPSA) is 71.8 Å². The third-order valence-electron chi connectivity index (χ3n) is 5.60. The maximum atomic E-state index is 13.1. The predicted molar refractivity (Wildman–Crippen MR) is 116 cm³/mol. The number of likely N-dealkylation sites (N-methyl/N-ethyl adjacent to an activating group) is 1. The van der Waals surface area contributed by atoms with Crippen molar-refractivity contribution in [3.8, 4) is 5.75 Å². The van der Waals surface area contributed by atoms with Gasteiger partial charge in [0.15, 0.2) is 6.61 Å². The molecular formula is C24H23F3N2O4. The molecule has 2 amide bonds. The molecule has 0 bridgehead atoms. The van der Waals surface area contributed by atoms with Gasteiger partial charge in [0.1, 0.15) is 17.1 Å². The van der Waals surface area contributed by atoms with Crippen LogP contribution in [-0.2, 0) is 28.6 Å². The molecular weight excluding hydrogens is 437 g/mol. The van der Waals surface area contributed by atoms with Crippen molar-refractivity contribution in [2.45, 2.75) is 31.9 Å². The molecule has 9 heteroatoms. The summed E-state index contributed by atoms with van der Waals surface area (Å²) in [6, 6.07) is 10.0. The smallest absolute Gasteiger partial charge is 0.418 e. The van der Waals surface area contributed by atoms with E-state index in [1.165, 1.54) is 24.7 Å². The molecule has 3 aromatic rings. The van der Waals surface area contributed by atoms with Crippen LogP contribution in [-0.4, -0.2) is 36.9 Å². The fourth-order valence-corrected chi connectivity index (χ4v) is 3.92. The minimum absolute atomic E-state index is 0.311. The van der Waals surface area contributed by atoms with Gasteiger partial charge < -0.3 is 19.4 Å². The molecule has 1 aromatic heterocycles. The van der Waals surface area contributed by atoms with Gasteiger partial charge in [-0.25, -0.2) is 0 Å². The number of anilines is 1. The lowest BCUT2D eigenvalue weighted by molar-refractivity contribution is -0.137. The number of halogens is 3. The van der Waals surface area contributed by atoms with Crippen LogP contribution in [0.3, 0.4) is 0 Å². The lowest BCUT2D eigenvalue weighted by Crippen LogP contribution is -2.37. The fourth-order valence-electron chi connectivity index (χ4n) is 3.92. The molecule has 0 spiro atoms. The van der Waals surface area contributed by atoms with Crippen molar-refractivity contribution in [1.29, 1.82) is 0 Å².